The summed E-state index contributed by atoms with van der Waals surface area (Å²) in [4.78, 5) is 2.77. The van der Waals surface area contributed by atoms with Crippen molar-refractivity contribution in [1.82, 2.24) is 4.90 Å². The van der Waals surface area contributed by atoms with E-state index in [4.69, 9.17) is 0 Å². The van der Waals surface area contributed by atoms with E-state index >= 15 is 0 Å². The molecule has 2 fully saturated rings. The van der Waals surface area contributed by atoms with E-state index in [0.717, 1.165) is 18.0 Å². The van der Waals surface area contributed by atoms with Crippen LogP contribution in [0.1, 0.15) is 86.0 Å². The third kappa shape index (κ3) is 6.34. The average molecular weight is 496 g/mol. The van der Waals surface area contributed by atoms with Crippen molar-refractivity contribution in [3.05, 3.63) is 101 Å². The highest BCUT2D eigenvalue weighted by Crippen LogP contribution is 2.37. The zero-order valence-corrected chi connectivity index (χ0v) is 22.0. The monoisotopic (exact) mass is 495 g/mol. The molecule has 3 aromatic rings. The van der Waals surface area contributed by atoms with Crippen LogP contribution in [-0.2, 0) is 0 Å². The van der Waals surface area contributed by atoms with Crippen molar-refractivity contribution in [2.45, 2.75) is 69.7 Å². The van der Waals surface area contributed by atoms with Gasteiger partial charge in [0.25, 0.3) is 0 Å². The molecular weight excluding hydrogens is 454 g/mol. The van der Waals surface area contributed by atoms with Crippen LogP contribution in [0.2, 0.25) is 0 Å². The molecular formula is C34H41NO2. The Hall–Kier alpha value is -2.88. The van der Waals surface area contributed by atoms with Crippen molar-refractivity contribution in [3.63, 3.8) is 0 Å². The van der Waals surface area contributed by atoms with Gasteiger partial charge in [0.2, 0.25) is 0 Å². The molecule has 3 nitrogen and oxygen atoms in total. The maximum Gasteiger partial charge on any atom is 0.115 e. The lowest BCUT2D eigenvalue weighted by atomic mass is 9.84. The number of piperidine rings is 1. The third-order valence-electron chi connectivity index (χ3n) is 8.46. The maximum atomic E-state index is 9.94. The van der Waals surface area contributed by atoms with Crippen molar-refractivity contribution in [2.24, 2.45) is 0 Å². The van der Waals surface area contributed by atoms with E-state index in [9.17, 15) is 10.2 Å². The van der Waals surface area contributed by atoms with Gasteiger partial charge in [-0.25, -0.2) is 0 Å². The van der Waals surface area contributed by atoms with Gasteiger partial charge in [-0.3, -0.25) is 0 Å². The summed E-state index contributed by atoms with van der Waals surface area (Å²) in [6.07, 6.45) is 11.0. The second kappa shape index (κ2) is 12.6. The molecule has 5 rings (SSSR count). The van der Waals surface area contributed by atoms with Crippen LogP contribution in [0.5, 0.6) is 5.75 Å². The number of allylic oxidation sites excluding steroid dienone is 1. The lowest BCUT2D eigenvalue weighted by Gasteiger charge is -2.39. The fourth-order valence-corrected chi connectivity index (χ4v) is 6.42. The van der Waals surface area contributed by atoms with Crippen molar-refractivity contribution in [1.29, 1.82) is 0 Å². The van der Waals surface area contributed by atoms with Crippen LogP contribution in [0, 0.1) is 0 Å². The normalized spacial score (nSPS) is 18.5. The summed E-state index contributed by atoms with van der Waals surface area (Å²) in [5, 5.41) is 19.6. The van der Waals surface area contributed by atoms with Gasteiger partial charge in [-0.2, -0.15) is 0 Å². The molecule has 1 heterocycles. The lowest BCUT2D eigenvalue weighted by molar-refractivity contribution is 0.122. The molecule has 1 aliphatic heterocycles. The minimum absolute atomic E-state index is 0.164. The predicted octanol–water partition coefficient (Wildman–Crippen LogP) is 7.64. The summed E-state index contributed by atoms with van der Waals surface area (Å²) >= 11 is 0. The molecule has 37 heavy (non-hydrogen) atoms. The summed E-state index contributed by atoms with van der Waals surface area (Å²) in [5.41, 5.74) is 7.31. The Bertz CT molecular complexity index is 1140. The lowest BCUT2D eigenvalue weighted by Crippen LogP contribution is -2.41. The van der Waals surface area contributed by atoms with E-state index in [1.807, 2.05) is 18.2 Å². The predicted molar refractivity (Wildman–Crippen MR) is 154 cm³/mol. The summed E-state index contributed by atoms with van der Waals surface area (Å²) in [6, 6.07) is 28.1. The van der Waals surface area contributed by atoms with Crippen LogP contribution in [0.25, 0.3) is 11.1 Å². The minimum Gasteiger partial charge on any atom is -0.508 e. The molecule has 0 bridgehead atoms. The fourth-order valence-electron chi connectivity index (χ4n) is 6.42. The number of phenols is 1. The number of hydrogen-bond donors (Lipinski definition) is 2. The average Bonchev–Trinajstić information content (AvgIpc) is 2.97. The number of rotatable bonds is 8. The Labute approximate surface area is 222 Å². The minimum atomic E-state index is 0.164. The second-order valence-electron chi connectivity index (χ2n) is 10.8. The van der Waals surface area contributed by atoms with Gasteiger partial charge in [0.15, 0.2) is 0 Å². The Balaban J connectivity index is 1.42. The molecule has 1 saturated carbocycles. The molecule has 2 N–H and O–H groups in total. The highest BCUT2D eigenvalue weighted by atomic mass is 16.3. The first-order chi connectivity index (χ1) is 18.2. The van der Waals surface area contributed by atoms with Crippen LogP contribution in [0.15, 0.2) is 78.9 Å². The molecule has 194 valence electrons. The van der Waals surface area contributed by atoms with E-state index in [-0.39, 0.29) is 12.4 Å². The van der Waals surface area contributed by atoms with Crippen LogP contribution < -0.4 is 0 Å². The molecule has 0 spiro atoms. The number of aromatic hydroxyl groups is 1. The Morgan fingerprint density at radius 3 is 1.95 bits per heavy atom. The molecule has 0 unspecified atom stereocenters. The number of benzene rings is 3. The quantitative estimate of drug-likeness (QED) is 0.316. The summed E-state index contributed by atoms with van der Waals surface area (Å²) in [5.74, 6) is 0.910. The van der Waals surface area contributed by atoms with Gasteiger partial charge in [0.05, 0.1) is 0 Å². The smallest absolute Gasteiger partial charge is 0.115 e. The van der Waals surface area contributed by atoms with E-state index in [1.165, 1.54) is 85.9 Å². The molecule has 1 aliphatic carbocycles. The van der Waals surface area contributed by atoms with Crippen molar-refractivity contribution in [2.75, 3.05) is 19.7 Å². The Morgan fingerprint density at radius 2 is 1.32 bits per heavy atom. The van der Waals surface area contributed by atoms with E-state index in [2.05, 4.69) is 53.4 Å². The third-order valence-corrected chi connectivity index (χ3v) is 8.46. The SMILES string of the molecule is OCCC/C(=C(\c1ccc(O)cc1)c1ccc(C2CCN(C3CCCCC3)CC2)cc1)c1ccccc1. The summed E-state index contributed by atoms with van der Waals surface area (Å²) in [6.45, 7) is 2.63. The van der Waals surface area contributed by atoms with Crippen molar-refractivity contribution < 1.29 is 10.2 Å². The molecule has 0 radical (unpaired) electrons. The highest BCUT2D eigenvalue weighted by Gasteiger charge is 2.27. The van der Waals surface area contributed by atoms with Gasteiger partial charge in [0.1, 0.15) is 5.75 Å². The van der Waals surface area contributed by atoms with Crippen LogP contribution in [-0.4, -0.2) is 40.9 Å². The maximum absolute atomic E-state index is 9.94. The molecule has 3 aromatic carbocycles. The number of nitrogens with zero attached hydrogens (tertiary/aromatic N) is 1. The topological polar surface area (TPSA) is 43.7 Å². The van der Waals surface area contributed by atoms with Crippen LogP contribution >= 0.6 is 0 Å². The molecule has 0 aromatic heterocycles. The van der Waals surface area contributed by atoms with Gasteiger partial charge in [-0.05, 0) is 103 Å². The van der Waals surface area contributed by atoms with E-state index in [0.29, 0.717) is 12.3 Å². The molecule has 1 saturated heterocycles. The van der Waals surface area contributed by atoms with Gasteiger partial charge >= 0.3 is 0 Å². The second-order valence-corrected chi connectivity index (χ2v) is 10.8. The Morgan fingerprint density at radius 1 is 0.703 bits per heavy atom. The van der Waals surface area contributed by atoms with E-state index in [1.54, 1.807) is 12.1 Å². The van der Waals surface area contributed by atoms with Crippen LogP contribution in [0.3, 0.4) is 0 Å². The molecule has 0 amide bonds. The summed E-state index contributed by atoms with van der Waals surface area (Å²) < 4.78 is 0. The molecule has 3 heteroatoms. The number of aliphatic hydroxyl groups excluding tert-OH is 1. The fraction of sp³-hybridized carbons (Fsp3) is 0.412. The van der Waals surface area contributed by atoms with E-state index < -0.39 is 0 Å². The first-order valence-electron chi connectivity index (χ1n) is 14.3. The number of phenolic OH excluding ortho intramolecular Hbond substituents is 1. The standard InChI is InChI=1S/C34H41NO2/c36-25-7-12-33(28-8-3-1-4-9-28)34(30-17-19-32(37)20-18-30)29-15-13-26(14-16-29)27-21-23-35(24-22-27)31-10-5-2-6-11-31/h1,3-4,8-9,13-20,27,31,36-37H,2,5-7,10-12,21-25H2/b34-33+. The number of hydrogen-bond acceptors (Lipinski definition) is 3. The van der Waals surface area contributed by atoms with Gasteiger partial charge in [-0.15, -0.1) is 0 Å². The number of aliphatic hydroxyl groups is 1. The van der Waals surface area contributed by atoms with Gasteiger partial charge in [0, 0.05) is 12.6 Å². The van der Waals surface area contributed by atoms with Crippen molar-refractivity contribution in [3.8, 4) is 5.75 Å². The Kier molecular flexibility index (Phi) is 8.76. The zero-order chi connectivity index (χ0) is 25.5. The number of likely N-dealkylation sites (tertiary alicyclic amines) is 1. The van der Waals surface area contributed by atoms with Crippen LogP contribution in [0.4, 0.5) is 0 Å². The first kappa shape index (κ1) is 25.8. The largest absolute Gasteiger partial charge is 0.508 e. The highest BCUT2D eigenvalue weighted by molar-refractivity contribution is 5.98. The summed E-state index contributed by atoms with van der Waals surface area (Å²) in [7, 11) is 0. The molecule has 0 atom stereocenters. The zero-order valence-electron chi connectivity index (χ0n) is 22.0. The first-order valence-corrected chi connectivity index (χ1v) is 14.3. The van der Waals surface area contributed by atoms with Crippen molar-refractivity contribution >= 4 is 11.1 Å². The van der Waals surface area contributed by atoms with Gasteiger partial charge in [-0.1, -0.05) is 86.0 Å². The van der Waals surface area contributed by atoms with Gasteiger partial charge < -0.3 is 15.1 Å². The molecule has 2 aliphatic rings.